The Morgan fingerprint density at radius 2 is 0.513 bits per heavy atom. The summed E-state index contributed by atoms with van der Waals surface area (Å²) in [4.78, 5) is 38.3. The van der Waals surface area contributed by atoms with Gasteiger partial charge in [-0.05, 0) is 135 Å². The third-order valence-corrected chi connectivity index (χ3v) is 13.2. The van der Waals surface area contributed by atoms with Gasteiger partial charge in [0.2, 0.25) is 0 Å². The van der Waals surface area contributed by atoms with E-state index >= 15 is 0 Å². The van der Waals surface area contributed by atoms with Crippen LogP contribution in [0.25, 0.3) is 0 Å². The molecule has 0 aromatic heterocycles. The predicted molar refractivity (Wildman–Crippen MR) is 330 cm³/mol. The Hall–Kier alpha value is -4.19. The summed E-state index contributed by atoms with van der Waals surface area (Å²) in [5.74, 6) is -0.966. The normalized spacial score (nSPS) is 12.9. The average molecular weight is 1050 g/mol. The molecule has 0 bridgehead atoms. The summed E-state index contributed by atoms with van der Waals surface area (Å²) in [6, 6.07) is 0. The molecule has 0 saturated carbocycles. The molecular formula is C70H116O6. The van der Waals surface area contributed by atoms with Crippen LogP contribution >= 0.6 is 0 Å². The SMILES string of the molecule is CC/C=C\C/C=C\C/C=C\C/C=C\C/C=C\C/C=C\CCCCC(=O)OCC(COC(=O)CCCCCCC/C=C\CCCCCCCCC)OC(=O)CCCCCCCC/C=C\C/C=C\C/C=C\CCCCCCC. The van der Waals surface area contributed by atoms with Crippen molar-refractivity contribution in [1.82, 2.24) is 0 Å². The smallest absolute Gasteiger partial charge is 0.306 e. The van der Waals surface area contributed by atoms with Crippen LogP contribution in [0.1, 0.15) is 284 Å². The average Bonchev–Trinajstić information content (AvgIpc) is 3.42. The van der Waals surface area contributed by atoms with Crippen LogP contribution in [-0.2, 0) is 28.6 Å². The Bertz CT molecular complexity index is 1590. The van der Waals surface area contributed by atoms with Crippen molar-refractivity contribution in [1.29, 1.82) is 0 Å². The van der Waals surface area contributed by atoms with Crippen molar-refractivity contribution in [3.63, 3.8) is 0 Å². The highest BCUT2D eigenvalue weighted by atomic mass is 16.6. The molecule has 0 radical (unpaired) electrons. The van der Waals surface area contributed by atoms with Gasteiger partial charge in [-0.15, -0.1) is 0 Å². The Morgan fingerprint density at radius 3 is 0.842 bits per heavy atom. The fraction of sp³-hybridized carbons (Fsp3) is 0.671. The maximum absolute atomic E-state index is 12.9. The molecule has 0 rings (SSSR count). The van der Waals surface area contributed by atoms with Gasteiger partial charge in [0, 0.05) is 19.3 Å². The number of hydrogen-bond acceptors (Lipinski definition) is 6. The van der Waals surface area contributed by atoms with E-state index in [1.54, 1.807) is 0 Å². The third kappa shape index (κ3) is 60.7. The van der Waals surface area contributed by atoms with Crippen molar-refractivity contribution >= 4 is 17.9 Å². The fourth-order valence-corrected chi connectivity index (χ4v) is 8.45. The second-order valence-electron chi connectivity index (χ2n) is 20.6. The summed E-state index contributed by atoms with van der Waals surface area (Å²) in [6.45, 7) is 6.47. The molecule has 76 heavy (non-hydrogen) atoms. The lowest BCUT2D eigenvalue weighted by Crippen LogP contribution is -2.30. The zero-order valence-electron chi connectivity index (χ0n) is 49.5. The maximum Gasteiger partial charge on any atom is 0.306 e. The quantitative estimate of drug-likeness (QED) is 0.0261. The maximum atomic E-state index is 12.9. The molecule has 432 valence electrons. The van der Waals surface area contributed by atoms with Gasteiger partial charge < -0.3 is 14.2 Å². The molecule has 0 aliphatic heterocycles. The zero-order chi connectivity index (χ0) is 55.0. The first kappa shape index (κ1) is 71.8. The highest BCUT2D eigenvalue weighted by molar-refractivity contribution is 5.71. The molecule has 0 N–H and O–H groups in total. The van der Waals surface area contributed by atoms with Gasteiger partial charge in [0.1, 0.15) is 13.2 Å². The van der Waals surface area contributed by atoms with E-state index < -0.39 is 6.10 Å². The molecule has 0 aliphatic carbocycles. The number of carbonyl (C=O) groups excluding carboxylic acids is 3. The van der Waals surface area contributed by atoms with Crippen molar-refractivity contribution in [3.8, 4) is 0 Å². The van der Waals surface area contributed by atoms with Crippen molar-refractivity contribution in [2.75, 3.05) is 13.2 Å². The standard InChI is InChI=1S/C70H116O6/c1-4-7-10-13-16-19-22-25-28-31-33-35-37-39-42-45-48-51-54-57-60-63-69(72)75-66-67(65-74-68(71)62-59-56-53-50-47-44-41-30-27-24-21-18-15-12-9-6-3)76-70(73)64-61-58-55-52-49-46-43-40-38-36-34-32-29-26-23-20-17-14-11-8-5-2/h7,10,16,19,23,25-26,28,30,32-35,38-42,48,51,67H,4-6,8-9,11-15,17-18,20-22,24,27,29,31,36-37,43-47,49-50,52-66H2,1-3H3/b10-7-,19-16-,26-23-,28-25-,34-32-,35-33-,40-38-,41-30-,42-39-,51-48-. The topological polar surface area (TPSA) is 78.9 Å². The molecule has 1 atom stereocenters. The minimum absolute atomic E-state index is 0.104. The van der Waals surface area contributed by atoms with Crippen molar-refractivity contribution in [2.24, 2.45) is 0 Å². The predicted octanol–water partition coefficient (Wildman–Crippen LogP) is 21.6. The number of unbranched alkanes of at least 4 members (excludes halogenated alkanes) is 25. The molecule has 6 heteroatoms. The summed E-state index contributed by atoms with van der Waals surface area (Å²) in [5.41, 5.74) is 0. The molecule has 0 saturated heterocycles. The second kappa shape index (κ2) is 63.3. The first-order chi connectivity index (χ1) is 37.5. The molecule has 6 nitrogen and oxygen atoms in total. The van der Waals surface area contributed by atoms with Crippen LogP contribution in [0.3, 0.4) is 0 Å². The molecule has 0 spiro atoms. The Labute approximate surface area is 469 Å². The van der Waals surface area contributed by atoms with Gasteiger partial charge in [0.05, 0.1) is 0 Å². The van der Waals surface area contributed by atoms with Crippen molar-refractivity contribution in [3.05, 3.63) is 122 Å². The van der Waals surface area contributed by atoms with Gasteiger partial charge in [-0.25, -0.2) is 0 Å². The van der Waals surface area contributed by atoms with E-state index in [-0.39, 0.29) is 31.1 Å². The van der Waals surface area contributed by atoms with Crippen LogP contribution in [0.15, 0.2) is 122 Å². The van der Waals surface area contributed by atoms with E-state index in [9.17, 15) is 14.4 Å². The molecule has 0 aromatic rings. The number of allylic oxidation sites excluding steroid dienone is 20. The third-order valence-electron chi connectivity index (χ3n) is 13.2. The van der Waals surface area contributed by atoms with Crippen LogP contribution in [0, 0.1) is 0 Å². The van der Waals surface area contributed by atoms with Gasteiger partial charge >= 0.3 is 17.9 Å². The van der Waals surface area contributed by atoms with E-state index in [0.29, 0.717) is 25.7 Å². The van der Waals surface area contributed by atoms with E-state index in [1.807, 2.05) is 0 Å². The van der Waals surface area contributed by atoms with Gasteiger partial charge in [-0.1, -0.05) is 251 Å². The lowest BCUT2D eigenvalue weighted by Gasteiger charge is -2.18. The van der Waals surface area contributed by atoms with Gasteiger partial charge in [-0.2, -0.15) is 0 Å². The summed E-state index contributed by atoms with van der Waals surface area (Å²) < 4.78 is 16.9. The van der Waals surface area contributed by atoms with E-state index in [1.165, 1.54) is 109 Å². The molecule has 0 fully saturated rings. The summed E-state index contributed by atoms with van der Waals surface area (Å²) in [5, 5.41) is 0. The highest BCUT2D eigenvalue weighted by Gasteiger charge is 2.19. The van der Waals surface area contributed by atoms with Gasteiger partial charge in [0.25, 0.3) is 0 Å². The Morgan fingerprint density at radius 1 is 0.276 bits per heavy atom. The molecule has 0 heterocycles. The molecule has 0 aliphatic rings. The number of esters is 3. The zero-order valence-corrected chi connectivity index (χ0v) is 49.5. The fourth-order valence-electron chi connectivity index (χ4n) is 8.45. The van der Waals surface area contributed by atoms with Crippen LogP contribution in [0.5, 0.6) is 0 Å². The van der Waals surface area contributed by atoms with E-state index in [2.05, 4.69) is 142 Å². The largest absolute Gasteiger partial charge is 0.462 e. The van der Waals surface area contributed by atoms with Crippen LogP contribution < -0.4 is 0 Å². The first-order valence-corrected chi connectivity index (χ1v) is 31.5. The molecule has 0 aromatic carbocycles. The molecular weight excluding hydrogens is 937 g/mol. The summed E-state index contributed by atoms with van der Waals surface area (Å²) in [6.07, 6.45) is 87.6. The first-order valence-electron chi connectivity index (χ1n) is 31.5. The lowest BCUT2D eigenvalue weighted by atomic mass is 10.1. The minimum Gasteiger partial charge on any atom is -0.462 e. The van der Waals surface area contributed by atoms with Crippen LogP contribution in [0.2, 0.25) is 0 Å². The minimum atomic E-state index is -0.812. The molecule has 0 amide bonds. The lowest BCUT2D eigenvalue weighted by molar-refractivity contribution is -0.167. The van der Waals surface area contributed by atoms with E-state index in [4.69, 9.17) is 14.2 Å². The highest BCUT2D eigenvalue weighted by Crippen LogP contribution is 2.14. The van der Waals surface area contributed by atoms with Crippen LogP contribution in [0.4, 0.5) is 0 Å². The number of carbonyl (C=O) groups is 3. The summed E-state index contributed by atoms with van der Waals surface area (Å²) >= 11 is 0. The van der Waals surface area contributed by atoms with E-state index in [0.717, 1.165) is 128 Å². The Kier molecular flexibility index (Phi) is 59.9. The Balaban J connectivity index is 4.52. The number of hydrogen-bond donors (Lipinski definition) is 0. The second-order valence-corrected chi connectivity index (χ2v) is 20.6. The van der Waals surface area contributed by atoms with Gasteiger partial charge in [0.15, 0.2) is 6.10 Å². The van der Waals surface area contributed by atoms with Crippen molar-refractivity contribution < 1.29 is 28.6 Å². The van der Waals surface area contributed by atoms with Gasteiger partial charge in [-0.3, -0.25) is 14.4 Å². The van der Waals surface area contributed by atoms with Crippen LogP contribution in [-0.4, -0.2) is 37.2 Å². The number of rotatable bonds is 56. The summed E-state index contributed by atoms with van der Waals surface area (Å²) in [7, 11) is 0. The number of ether oxygens (including phenoxy) is 3. The monoisotopic (exact) mass is 1050 g/mol. The molecule has 1 unspecified atom stereocenters. The van der Waals surface area contributed by atoms with Crippen molar-refractivity contribution in [2.45, 2.75) is 290 Å².